The molecule has 6 rings (SSSR count). The summed E-state index contributed by atoms with van der Waals surface area (Å²) in [5.74, 6) is 0.415. The summed E-state index contributed by atoms with van der Waals surface area (Å²) in [7, 11) is 0. The number of fused-ring (bicyclic) bond motifs is 1. The third-order valence-corrected chi connectivity index (χ3v) is 7.31. The van der Waals surface area contributed by atoms with Crippen LogP contribution in [0.1, 0.15) is 30.9 Å². The zero-order valence-corrected chi connectivity index (χ0v) is 20.1. The number of imide groups is 1. The van der Waals surface area contributed by atoms with Gasteiger partial charge in [-0.2, -0.15) is 10.1 Å². The normalized spacial score (nSPS) is 25.3. The predicted molar refractivity (Wildman–Crippen MR) is 130 cm³/mol. The van der Waals surface area contributed by atoms with Crippen LogP contribution in [-0.2, 0) is 16.2 Å². The first-order valence-corrected chi connectivity index (χ1v) is 12.2. The van der Waals surface area contributed by atoms with Crippen LogP contribution in [0.4, 0.5) is 0 Å². The Kier molecular flexibility index (Phi) is 6.36. The Bertz CT molecular complexity index is 1160. The van der Waals surface area contributed by atoms with Crippen molar-refractivity contribution in [2.75, 3.05) is 6.61 Å². The second kappa shape index (κ2) is 9.43. The first-order valence-electron chi connectivity index (χ1n) is 11.4. The highest BCUT2D eigenvalue weighted by atomic mass is 35.5. The molecule has 4 aliphatic rings. The van der Waals surface area contributed by atoms with E-state index >= 15 is 0 Å². The highest BCUT2D eigenvalue weighted by Gasteiger charge is 2.56. The van der Waals surface area contributed by atoms with Crippen LogP contribution in [0.25, 0.3) is 0 Å². The molecule has 6 nitrogen and oxygen atoms in total. The predicted octanol–water partition coefficient (Wildman–Crippen LogP) is 5.50. The third kappa shape index (κ3) is 4.21. The molecule has 0 aromatic heterocycles. The lowest BCUT2D eigenvalue weighted by Gasteiger charge is -2.37. The average molecular weight is 499 g/mol. The van der Waals surface area contributed by atoms with Gasteiger partial charge in [-0.15, -0.1) is 0 Å². The molecule has 34 heavy (non-hydrogen) atoms. The van der Waals surface area contributed by atoms with Crippen LogP contribution in [0, 0.1) is 23.7 Å². The Morgan fingerprint density at radius 1 is 0.971 bits per heavy atom. The molecule has 0 N–H and O–H groups in total. The van der Waals surface area contributed by atoms with Crippen molar-refractivity contribution in [2.24, 2.45) is 28.8 Å². The van der Waals surface area contributed by atoms with Crippen LogP contribution < -0.4 is 9.47 Å². The molecule has 0 spiro atoms. The number of hydrazone groups is 1. The van der Waals surface area contributed by atoms with Crippen molar-refractivity contribution < 1.29 is 19.1 Å². The summed E-state index contributed by atoms with van der Waals surface area (Å²) in [6.45, 7) is 2.58. The summed E-state index contributed by atoms with van der Waals surface area (Å²) < 4.78 is 11.7. The van der Waals surface area contributed by atoms with Gasteiger partial charge in [0.05, 0.1) is 24.7 Å². The van der Waals surface area contributed by atoms with Crippen molar-refractivity contribution in [3.05, 3.63) is 69.7 Å². The summed E-state index contributed by atoms with van der Waals surface area (Å²) in [6.07, 6.45) is 7.62. The summed E-state index contributed by atoms with van der Waals surface area (Å²) in [5.41, 5.74) is 1.49. The van der Waals surface area contributed by atoms with E-state index in [0.717, 1.165) is 23.4 Å². The highest BCUT2D eigenvalue weighted by Crippen LogP contribution is 2.49. The van der Waals surface area contributed by atoms with Gasteiger partial charge in [-0.1, -0.05) is 41.4 Å². The van der Waals surface area contributed by atoms with Gasteiger partial charge in [0.1, 0.15) is 6.61 Å². The van der Waals surface area contributed by atoms with E-state index in [9.17, 15) is 9.59 Å². The van der Waals surface area contributed by atoms with E-state index in [1.54, 1.807) is 30.3 Å². The molecule has 2 aromatic carbocycles. The van der Waals surface area contributed by atoms with Gasteiger partial charge in [-0.3, -0.25) is 9.59 Å². The van der Waals surface area contributed by atoms with Crippen LogP contribution in [0.5, 0.6) is 11.5 Å². The molecular formula is C26H24Cl2N2O4. The number of carbonyl (C=O) groups excluding carboxylic acids is 2. The third-order valence-electron chi connectivity index (χ3n) is 6.72. The van der Waals surface area contributed by atoms with Crippen LogP contribution in [0.3, 0.4) is 0 Å². The van der Waals surface area contributed by atoms with E-state index in [0.29, 0.717) is 33.7 Å². The fourth-order valence-corrected chi connectivity index (χ4v) is 5.55. The molecule has 2 aromatic rings. The van der Waals surface area contributed by atoms with Crippen molar-refractivity contribution in [3.63, 3.8) is 0 Å². The Labute approximate surface area is 208 Å². The van der Waals surface area contributed by atoms with E-state index in [1.165, 1.54) is 6.21 Å². The van der Waals surface area contributed by atoms with Gasteiger partial charge >= 0.3 is 0 Å². The van der Waals surface area contributed by atoms with Gasteiger partial charge in [-0.05, 0) is 67.5 Å². The van der Waals surface area contributed by atoms with Crippen molar-refractivity contribution in [2.45, 2.75) is 26.4 Å². The quantitative estimate of drug-likeness (QED) is 0.287. The van der Waals surface area contributed by atoms with E-state index < -0.39 is 0 Å². The lowest BCUT2D eigenvalue weighted by Crippen LogP contribution is -2.38. The van der Waals surface area contributed by atoms with Crippen molar-refractivity contribution >= 4 is 41.2 Å². The standard InChI is InChI=1S/C26H24Cl2N2O4/c1-2-33-22-11-15(3-10-21(22)34-14-18-8-9-19(27)12-20(18)28)13-29-30-25(31)23-16-4-5-17(7-6-16)24(23)26(30)32/h3-5,8-13,16-17,23-24H,2,6-7,14H2,1H3/b29-13-/t16-,17+,23-,24-/m0/s1. The number of hydrogen-bond acceptors (Lipinski definition) is 5. The average Bonchev–Trinajstić information content (AvgIpc) is 3.11. The largest absolute Gasteiger partial charge is 0.490 e. The van der Waals surface area contributed by atoms with E-state index in [1.807, 2.05) is 13.0 Å². The molecule has 1 saturated heterocycles. The smallest absolute Gasteiger partial charge is 0.254 e. The first kappa shape index (κ1) is 22.9. The number of amides is 2. The molecule has 8 heteroatoms. The number of allylic oxidation sites excluding steroid dienone is 2. The minimum Gasteiger partial charge on any atom is -0.490 e. The highest BCUT2D eigenvalue weighted by molar-refractivity contribution is 6.35. The molecule has 1 heterocycles. The maximum atomic E-state index is 12.9. The monoisotopic (exact) mass is 498 g/mol. The zero-order valence-electron chi connectivity index (χ0n) is 18.6. The fraction of sp³-hybridized carbons (Fsp3) is 0.346. The molecular weight excluding hydrogens is 475 g/mol. The van der Waals surface area contributed by atoms with Crippen LogP contribution >= 0.6 is 23.2 Å². The summed E-state index contributed by atoms with van der Waals surface area (Å²) in [5, 5.41) is 6.42. The van der Waals surface area contributed by atoms with E-state index in [4.69, 9.17) is 32.7 Å². The number of ether oxygens (including phenoxy) is 2. The summed E-state index contributed by atoms with van der Waals surface area (Å²) in [6, 6.07) is 10.6. The number of benzene rings is 2. The second-order valence-electron chi connectivity index (χ2n) is 8.74. The Morgan fingerprint density at radius 3 is 2.29 bits per heavy atom. The molecule has 176 valence electrons. The van der Waals surface area contributed by atoms with Gasteiger partial charge < -0.3 is 9.47 Å². The van der Waals surface area contributed by atoms with E-state index in [-0.39, 0.29) is 42.1 Å². The maximum Gasteiger partial charge on any atom is 0.254 e. The molecule has 3 aliphatic carbocycles. The van der Waals surface area contributed by atoms with Crippen molar-refractivity contribution in [3.8, 4) is 11.5 Å². The lowest BCUT2D eigenvalue weighted by molar-refractivity contribution is -0.140. The minimum atomic E-state index is -0.275. The molecule has 1 saturated carbocycles. The summed E-state index contributed by atoms with van der Waals surface area (Å²) in [4.78, 5) is 25.9. The Hall–Kier alpha value is -2.83. The summed E-state index contributed by atoms with van der Waals surface area (Å²) >= 11 is 12.2. The molecule has 0 unspecified atom stereocenters. The van der Waals surface area contributed by atoms with Crippen LogP contribution in [0.15, 0.2) is 53.7 Å². The van der Waals surface area contributed by atoms with Gasteiger partial charge in [0.25, 0.3) is 11.8 Å². The van der Waals surface area contributed by atoms with Crippen LogP contribution in [-0.4, -0.2) is 29.6 Å². The fourth-order valence-electron chi connectivity index (χ4n) is 5.08. The molecule has 2 amide bonds. The molecule has 1 aliphatic heterocycles. The Balaban J connectivity index is 1.32. The molecule has 0 radical (unpaired) electrons. The topological polar surface area (TPSA) is 68.2 Å². The second-order valence-corrected chi connectivity index (χ2v) is 9.58. The number of nitrogens with zero attached hydrogens (tertiary/aromatic N) is 2. The van der Waals surface area contributed by atoms with Gasteiger partial charge in [-0.25, -0.2) is 0 Å². The number of hydrogen-bond donors (Lipinski definition) is 0. The van der Waals surface area contributed by atoms with Gasteiger partial charge in [0, 0.05) is 15.6 Å². The zero-order chi connectivity index (χ0) is 23.8. The minimum absolute atomic E-state index is 0.141. The van der Waals surface area contributed by atoms with Gasteiger partial charge in [0.2, 0.25) is 0 Å². The molecule has 2 fully saturated rings. The maximum absolute atomic E-state index is 12.9. The number of rotatable bonds is 7. The SMILES string of the molecule is CCOc1cc(/C=N\N2C(=O)[C@@H]3[C@@H](C2=O)[C@H]2C=C[C@@H]3CC2)ccc1OCc1ccc(Cl)cc1Cl. The van der Waals surface area contributed by atoms with Gasteiger partial charge in [0.15, 0.2) is 11.5 Å². The molecule has 4 atom stereocenters. The number of halogens is 2. The van der Waals surface area contributed by atoms with Crippen LogP contribution in [0.2, 0.25) is 10.0 Å². The molecule has 2 bridgehead atoms. The van der Waals surface area contributed by atoms with Crippen molar-refractivity contribution in [1.29, 1.82) is 0 Å². The number of carbonyl (C=O) groups is 2. The van der Waals surface area contributed by atoms with E-state index in [2.05, 4.69) is 17.3 Å². The van der Waals surface area contributed by atoms with Crippen molar-refractivity contribution in [1.82, 2.24) is 5.01 Å². The Morgan fingerprint density at radius 2 is 1.68 bits per heavy atom. The lowest BCUT2D eigenvalue weighted by atomic mass is 9.63. The first-order chi connectivity index (χ1) is 16.5.